The van der Waals surface area contributed by atoms with Crippen LogP contribution in [0.15, 0.2) is 61.2 Å². The van der Waals surface area contributed by atoms with Gasteiger partial charge in [0.25, 0.3) is 0 Å². The van der Waals surface area contributed by atoms with Crippen LogP contribution < -0.4 is 5.32 Å². The van der Waals surface area contributed by atoms with Crippen LogP contribution >= 0.6 is 0 Å². The van der Waals surface area contributed by atoms with E-state index in [0.29, 0.717) is 6.42 Å². The first kappa shape index (κ1) is 24.5. The highest BCUT2D eigenvalue weighted by Crippen LogP contribution is 2.44. The van der Waals surface area contributed by atoms with Crippen molar-refractivity contribution >= 4 is 18.0 Å². The van der Waals surface area contributed by atoms with E-state index >= 15 is 0 Å². The predicted octanol–water partition coefficient (Wildman–Crippen LogP) is 3.69. The van der Waals surface area contributed by atoms with E-state index in [2.05, 4.69) is 11.9 Å². The second-order valence-electron chi connectivity index (χ2n) is 7.97. The lowest BCUT2D eigenvalue weighted by Crippen LogP contribution is -2.50. The summed E-state index contributed by atoms with van der Waals surface area (Å²) in [6.45, 7) is 3.14. The molecule has 3 rings (SSSR count). The van der Waals surface area contributed by atoms with Gasteiger partial charge in [-0.1, -0.05) is 54.6 Å². The van der Waals surface area contributed by atoms with Gasteiger partial charge in [-0.3, -0.25) is 9.59 Å². The van der Waals surface area contributed by atoms with Crippen LogP contribution in [-0.2, 0) is 14.3 Å². The van der Waals surface area contributed by atoms with E-state index in [-0.39, 0.29) is 31.9 Å². The first-order valence-electron chi connectivity index (χ1n) is 11.1. The number of unbranched alkanes of at least 4 members (excludes halogenated alkanes) is 1. The zero-order valence-corrected chi connectivity index (χ0v) is 18.8. The highest BCUT2D eigenvalue weighted by atomic mass is 16.5. The highest BCUT2D eigenvalue weighted by Gasteiger charge is 2.30. The lowest BCUT2D eigenvalue weighted by molar-refractivity contribution is -0.144. The maximum absolute atomic E-state index is 12.9. The number of benzene rings is 2. The van der Waals surface area contributed by atoms with Crippen molar-refractivity contribution in [2.45, 2.75) is 31.2 Å². The summed E-state index contributed by atoms with van der Waals surface area (Å²) in [5, 5.41) is 20.5. The van der Waals surface area contributed by atoms with Gasteiger partial charge in [0.15, 0.2) is 0 Å². The standard InChI is InChI=1S/C26H27N3O5/c1-2-15-29(16-24(30)31)25(32)23(13-7-8-14-27)28-26(33)34-17-22-20-11-5-3-9-18(20)19-10-4-6-12-21(19)22/h2-6,9-12,22-23H,1,7-8,13,15-17H2,(H,28,33)(H,30,31). The maximum atomic E-state index is 12.9. The Morgan fingerprint density at radius 2 is 1.76 bits per heavy atom. The molecule has 0 fully saturated rings. The van der Waals surface area contributed by atoms with Gasteiger partial charge in [-0.05, 0) is 35.1 Å². The highest BCUT2D eigenvalue weighted by molar-refractivity contribution is 5.88. The van der Waals surface area contributed by atoms with E-state index < -0.39 is 30.6 Å². The van der Waals surface area contributed by atoms with Gasteiger partial charge in [-0.2, -0.15) is 5.26 Å². The molecule has 0 spiro atoms. The fourth-order valence-electron chi connectivity index (χ4n) is 4.20. The zero-order chi connectivity index (χ0) is 24.5. The van der Waals surface area contributed by atoms with E-state index in [1.807, 2.05) is 54.6 Å². The molecule has 2 aromatic rings. The number of ether oxygens (including phenoxy) is 1. The van der Waals surface area contributed by atoms with Crippen LogP contribution in [0, 0.1) is 11.3 Å². The molecule has 0 aliphatic heterocycles. The van der Waals surface area contributed by atoms with Crippen molar-refractivity contribution < 1.29 is 24.2 Å². The summed E-state index contributed by atoms with van der Waals surface area (Å²) < 4.78 is 5.53. The van der Waals surface area contributed by atoms with Crippen molar-refractivity contribution in [3.63, 3.8) is 0 Å². The number of carbonyl (C=O) groups is 3. The number of alkyl carbamates (subject to hydrolysis) is 1. The largest absolute Gasteiger partial charge is 0.480 e. The number of nitrogens with one attached hydrogen (secondary N) is 1. The average Bonchev–Trinajstić information content (AvgIpc) is 3.15. The van der Waals surface area contributed by atoms with Gasteiger partial charge in [0.05, 0.1) is 6.07 Å². The third kappa shape index (κ3) is 5.81. The van der Waals surface area contributed by atoms with Gasteiger partial charge in [0.2, 0.25) is 5.91 Å². The van der Waals surface area contributed by atoms with Crippen molar-refractivity contribution in [3.05, 3.63) is 72.3 Å². The molecule has 2 aromatic carbocycles. The van der Waals surface area contributed by atoms with Crippen molar-refractivity contribution in [1.82, 2.24) is 10.2 Å². The molecular formula is C26H27N3O5. The summed E-state index contributed by atoms with van der Waals surface area (Å²) in [5.41, 5.74) is 4.34. The summed E-state index contributed by atoms with van der Waals surface area (Å²) in [6, 6.07) is 16.9. The molecule has 0 saturated carbocycles. The number of hydrogen-bond donors (Lipinski definition) is 2. The molecule has 1 atom stereocenters. The Kier molecular flexibility index (Phi) is 8.41. The Labute approximate surface area is 198 Å². The van der Waals surface area contributed by atoms with Crippen molar-refractivity contribution in [3.8, 4) is 17.2 Å². The number of carboxylic acid groups (broad SMARTS) is 1. The zero-order valence-electron chi connectivity index (χ0n) is 18.8. The molecule has 0 bridgehead atoms. The Balaban J connectivity index is 1.70. The van der Waals surface area contributed by atoms with Crippen LogP contribution in [0.3, 0.4) is 0 Å². The lowest BCUT2D eigenvalue weighted by atomic mass is 9.98. The van der Waals surface area contributed by atoms with Gasteiger partial charge in [-0.15, -0.1) is 6.58 Å². The quantitative estimate of drug-likeness (QED) is 0.389. The minimum Gasteiger partial charge on any atom is -0.480 e. The van der Waals surface area contributed by atoms with Crippen LogP contribution in [0.1, 0.15) is 36.3 Å². The molecule has 0 saturated heterocycles. The Morgan fingerprint density at radius 3 is 2.32 bits per heavy atom. The van der Waals surface area contributed by atoms with Crippen molar-refractivity contribution in [2.24, 2.45) is 0 Å². The molecule has 1 aliphatic carbocycles. The van der Waals surface area contributed by atoms with Crippen molar-refractivity contribution in [2.75, 3.05) is 19.7 Å². The molecule has 34 heavy (non-hydrogen) atoms. The number of aliphatic carboxylic acids is 1. The third-order valence-electron chi connectivity index (χ3n) is 5.70. The summed E-state index contributed by atoms with van der Waals surface area (Å²) in [4.78, 5) is 37.9. The second-order valence-corrected chi connectivity index (χ2v) is 7.97. The number of rotatable bonds is 11. The number of amides is 2. The van der Waals surface area contributed by atoms with E-state index in [9.17, 15) is 14.4 Å². The van der Waals surface area contributed by atoms with Crippen LogP contribution in [-0.4, -0.2) is 53.7 Å². The normalized spacial score (nSPS) is 12.6. The maximum Gasteiger partial charge on any atom is 0.407 e. The summed E-state index contributed by atoms with van der Waals surface area (Å²) >= 11 is 0. The van der Waals surface area contributed by atoms with E-state index in [0.717, 1.165) is 27.2 Å². The van der Waals surface area contributed by atoms with Gasteiger partial charge in [-0.25, -0.2) is 4.79 Å². The van der Waals surface area contributed by atoms with Crippen molar-refractivity contribution in [1.29, 1.82) is 5.26 Å². The van der Waals surface area contributed by atoms with Crippen LogP contribution in [0.5, 0.6) is 0 Å². The average molecular weight is 462 g/mol. The van der Waals surface area contributed by atoms with Gasteiger partial charge < -0.3 is 20.1 Å². The van der Waals surface area contributed by atoms with Gasteiger partial charge in [0, 0.05) is 18.9 Å². The number of nitrogens with zero attached hydrogens (tertiary/aromatic N) is 2. The third-order valence-corrected chi connectivity index (χ3v) is 5.70. The molecule has 0 aromatic heterocycles. The molecule has 1 aliphatic rings. The summed E-state index contributed by atoms with van der Waals surface area (Å²) in [7, 11) is 0. The monoisotopic (exact) mass is 461 g/mol. The van der Waals surface area contributed by atoms with Crippen LogP contribution in [0.4, 0.5) is 4.79 Å². The molecule has 176 valence electrons. The molecule has 2 N–H and O–H groups in total. The predicted molar refractivity (Wildman–Crippen MR) is 126 cm³/mol. The molecule has 2 amide bonds. The minimum absolute atomic E-state index is 0.0201. The van der Waals surface area contributed by atoms with Crippen LogP contribution in [0.25, 0.3) is 11.1 Å². The topological polar surface area (TPSA) is 120 Å². The fraction of sp³-hybridized carbons (Fsp3) is 0.308. The first-order chi connectivity index (χ1) is 16.5. The molecule has 1 unspecified atom stereocenters. The Hall–Kier alpha value is -4.12. The molecule has 8 heteroatoms. The van der Waals surface area contributed by atoms with E-state index in [1.165, 1.54) is 6.08 Å². The number of carboxylic acids is 1. The minimum atomic E-state index is -1.17. The van der Waals surface area contributed by atoms with Gasteiger partial charge in [0.1, 0.15) is 19.2 Å². The first-order valence-corrected chi connectivity index (χ1v) is 11.1. The van der Waals surface area contributed by atoms with E-state index in [4.69, 9.17) is 15.1 Å². The second kappa shape index (κ2) is 11.7. The lowest BCUT2D eigenvalue weighted by Gasteiger charge is -2.25. The number of fused-ring (bicyclic) bond motifs is 3. The van der Waals surface area contributed by atoms with Gasteiger partial charge >= 0.3 is 12.1 Å². The van der Waals surface area contributed by atoms with E-state index in [1.54, 1.807) is 0 Å². The Morgan fingerprint density at radius 1 is 1.15 bits per heavy atom. The molecule has 0 radical (unpaired) electrons. The fourth-order valence-corrected chi connectivity index (χ4v) is 4.20. The number of hydrogen-bond acceptors (Lipinski definition) is 5. The molecule has 0 heterocycles. The summed E-state index contributed by atoms with van der Waals surface area (Å²) in [5.74, 6) is -1.86. The SMILES string of the molecule is C=CCN(CC(=O)O)C(=O)C(CCCC#N)NC(=O)OCC1c2ccccc2-c2ccccc21. The smallest absolute Gasteiger partial charge is 0.407 e. The summed E-state index contributed by atoms with van der Waals surface area (Å²) in [6.07, 6.45) is 1.40. The Bertz CT molecular complexity index is 1060. The number of carbonyl (C=O) groups excluding carboxylic acids is 2. The molecular weight excluding hydrogens is 434 g/mol. The molecule has 8 nitrogen and oxygen atoms in total. The number of nitriles is 1. The van der Waals surface area contributed by atoms with Crippen LogP contribution in [0.2, 0.25) is 0 Å².